The number of para-hydroxylation sites is 4. The molecule has 0 saturated heterocycles. The summed E-state index contributed by atoms with van der Waals surface area (Å²) in [5, 5.41) is 3.97. The quantitative estimate of drug-likeness (QED) is 0.305. The van der Waals surface area contributed by atoms with Gasteiger partial charge >= 0.3 is 0 Å². The molecule has 0 saturated carbocycles. The number of rotatable bonds is 7. The van der Waals surface area contributed by atoms with Crippen LogP contribution in [-0.4, -0.2) is 33.9 Å². The third-order valence-electron chi connectivity index (χ3n) is 5.79. The van der Waals surface area contributed by atoms with E-state index in [0.29, 0.717) is 34.2 Å². The van der Waals surface area contributed by atoms with Gasteiger partial charge in [-0.25, -0.2) is 4.98 Å². The second-order valence-electron chi connectivity index (χ2n) is 8.17. The predicted octanol–water partition coefficient (Wildman–Crippen LogP) is 4.53. The first-order valence-electron chi connectivity index (χ1n) is 11.5. The van der Waals surface area contributed by atoms with E-state index in [2.05, 4.69) is 5.32 Å². The van der Waals surface area contributed by atoms with Crippen LogP contribution in [0.2, 0.25) is 0 Å². The lowest BCUT2D eigenvalue weighted by Gasteiger charge is -2.27. The van der Waals surface area contributed by atoms with Gasteiger partial charge in [0, 0.05) is 5.69 Å². The van der Waals surface area contributed by atoms with Gasteiger partial charge in [-0.05, 0) is 42.3 Å². The Kier molecular flexibility index (Phi) is 6.72. The average Bonchev–Trinajstić information content (AvgIpc) is 2.89. The number of nitrogens with one attached hydrogen (secondary N) is 1. The molecule has 1 amide bonds. The molecule has 1 atom stereocenters. The van der Waals surface area contributed by atoms with E-state index < -0.39 is 0 Å². The van der Waals surface area contributed by atoms with Gasteiger partial charge in [0.15, 0.2) is 22.8 Å². The smallest absolute Gasteiger partial charge is 0.262 e. The van der Waals surface area contributed by atoms with Crippen molar-refractivity contribution in [2.75, 3.05) is 17.7 Å². The van der Waals surface area contributed by atoms with Crippen molar-refractivity contribution in [3.63, 3.8) is 0 Å². The van der Waals surface area contributed by atoms with Crippen molar-refractivity contribution in [1.82, 2.24) is 9.55 Å². The van der Waals surface area contributed by atoms with Gasteiger partial charge in [-0.3, -0.25) is 14.2 Å². The Balaban J connectivity index is 1.39. The molecule has 1 aromatic heterocycles. The lowest BCUT2D eigenvalue weighted by molar-refractivity contribution is -0.113. The maximum absolute atomic E-state index is 13.4. The summed E-state index contributed by atoms with van der Waals surface area (Å²) in [6, 6.07) is 22.4. The number of ether oxygens (including phenoxy) is 2. The van der Waals surface area contributed by atoms with Crippen molar-refractivity contribution in [1.29, 1.82) is 0 Å². The third-order valence-corrected chi connectivity index (χ3v) is 6.76. The van der Waals surface area contributed by atoms with Gasteiger partial charge in [-0.2, -0.15) is 0 Å². The molecule has 178 valence electrons. The summed E-state index contributed by atoms with van der Waals surface area (Å²) < 4.78 is 13.5. The van der Waals surface area contributed by atoms with Crippen molar-refractivity contribution in [3.05, 3.63) is 88.7 Å². The van der Waals surface area contributed by atoms with E-state index >= 15 is 0 Å². The molecule has 0 radical (unpaired) electrons. The lowest BCUT2D eigenvalue weighted by Crippen LogP contribution is -2.37. The second-order valence-corrected chi connectivity index (χ2v) is 9.11. The van der Waals surface area contributed by atoms with Crippen molar-refractivity contribution in [2.45, 2.75) is 31.1 Å². The Morgan fingerprint density at radius 2 is 1.80 bits per heavy atom. The summed E-state index contributed by atoms with van der Waals surface area (Å²) in [5.41, 5.74) is 2.30. The zero-order valence-electron chi connectivity index (χ0n) is 19.3. The van der Waals surface area contributed by atoms with Crippen molar-refractivity contribution < 1.29 is 14.3 Å². The number of aryl methyl sites for hydroxylation is 1. The van der Waals surface area contributed by atoms with Gasteiger partial charge in [0.05, 0.1) is 23.2 Å². The van der Waals surface area contributed by atoms with E-state index in [0.717, 1.165) is 17.7 Å². The van der Waals surface area contributed by atoms with Crippen LogP contribution in [0.1, 0.15) is 12.5 Å². The fourth-order valence-electron chi connectivity index (χ4n) is 4.04. The van der Waals surface area contributed by atoms with E-state index in [-0.39, 0.29) is 29.9 Å². The monoisotopic (exact) mass is 487 g/mol. The number of hydrogen-bond acceptors (Lipinski definition) is 6. The standard InChI is InChI=1S/C27H25N3O4S/c1-2-18-9-3-5-11-21(18)28-25(31)17-35-27-29-22-12-6-4-10-20(22)26(32)30(27)15-19-16-33-23-13-7-8-14-24(23)34-19/h3-14,19H,2,15-17H2,1H3,(H,28,31). The highest BCUT2D eigenvalue weighted by Crippen LogP contribution is 2.31. The predicted molar refractivity (Wildman–Crippen MR) is 138 cm³/mol. The fraction of sp³-hybridized carbons (Fsp3) is 0.222. The number of carbonyl (C=O) groups is 1. The lowest BCUT2D eigenvalue weighted by atomic mass is 10.1. The van der Waals surface area contributed by atoms with Crippen LogP contribution in [0.4, 0.5) is 5.69 Å². The van der Waals surface area contributed by atoms with Gasteiger partial charge in [0.25, 0.3) is 5.56 Å². The molecule has 7 nitrogen and oxygen atoms in total. The van der Waals surface area contributed by atoms with Crippen molar-refractivity contribution in [2.24, 2.45) is 0 Å². The van der Waals surface area contributed by atoms with E-state index in [1.807, 2.05) is 67.6 Å². The number of thioether (sulfide) groups is 1. The Morgan fingerprint density at radius 1 is 1.06 bits per heavy atom. The molecule has 0 fully saturated rings. The average molecular weight is 488 g/mol. The number of fused-ring (bicyclic) bond motifs is 2. The topological polar surface area (TPSA) is 82.5 Å². The zero-order chi connectivity index (χ0) is 24.2. The highest BCUT2D eigenvalue weighted by Gasteiger charge is 2.24. The Bertz CT molecular complexity index is 1440. The molecule has 8 heteroatoms. The molecule has 3 aromatic carbocycles. The van der Waals surface area contributed by atoms with E-state index in [4.69, 9.17) is 14.5 Å². The minimum Gasteiger partial charge on any atom is -0.486 e. The van der Waals surface area contributed by atoms with E-state index in [1.54, 1.807) is 16.7 Å². The molecule has 4 aromatic rings. The number of aromatic nitrogens is 2. The molecule has 1 aliphatic rings. The Labute approximate surface area is 207 Å². The molecular formula is C27H25N3O4S. The SMILES string of the molecule is CCc1ccccc1NC(=O)CSc1nc2ccccc2c(=O)n1CC1COc2ccccc2O1. The summed E-state index contributed by atoms with van der Waals surface area (Å²) in [4.78, 5) is 30.9. The summed E-state index contributed by atoms with van der Waals surface area (Å²) in [6.45, 7) is 2.62. The van der Waals surface area contributed by atoms with Crippen molar-refractivity contribution >= 4 is 34.3 Å². The first-order valence-corrected chi connectivity index (χ1v) is 12.5. The van der Waals surface area contributed by atoms with Crippen molar-refractivity contribution in [3.8, 4) is 11.5 Å². The molecule has 2 heterocycles. The normalized spacial score (nSPS) is 14.6. The van der Waals surface area contributed by atoms with Gasteiger partial charge < -0.3 is 14.8 Å². The molecule has 35 heavy (non-hydrogen) atoms. The van der Waals surface area contributed by atoms with E-state index in [9.17, 15) is 9.59 Å². The van der Waals surface area contributed by atoms with Gasteiger partial charge in [-0.15, -0.1) is 0 Å². The zero-order valence-corrected chi connectivity index (χ0v) is 20.1. The minimum atomic E-state index is -0.366. The van der Waals surface area contributed by atoms with Crippen LogP contribution >= 0.6 is 11.8 Å². The highest BCUT2D eigenvalue weighted by molar-refractivity contribution is 7.99. The Morgan fingerprint density at radius 3 is 2.66 bits per heavy atom. The minimum absolute atomic E-state index is 0.119. The largest absolute Gasteiger partial charge is 0.486 e. The van der Waals surface area contributed by atoms with Crippen LogP contribution in [0.3, 0.4) is 0 Å². The molecular weight excluding hydrogens is 462 g/mol. The Hall–Kier alpha value is -3.78. The number of amides is 1. The summed E-state index contributed by atoms with van der Waals surface area (Å²) in [6.07, 6.45) is 0.456. The number of nitrogens with zero attached hydrogens (tertiary/aromatic N) is 2. The molecule has 1 aliphatic heterocycles. The first-order chi connectivity index (χ1) is 17.1. The second kappa shape index (κ2) is 10.2. The maximum Gasteiger partial charge on any atom is 0.262 e. The van der Waals surface area contributed by atoms with Crippen LogP contribution in [0.15, 0.2) is 82.7 Å². The highest BCUT2D eigenvalue weighted by atomic mass is 32.2. The summed E-state index contributed by atoms with van der Waals surface area (Å²) in [7, 11) is 0. The van der Waals surface area contributed by atoms with Crippen LogP contribution in [-0.2, 0) is 17.8 Å². The third kappa shape index (κ3) is 5.02. The number of benzene rings is 3. The van der Waals surface area contributed by atoms with Crippen LogP contribution in [0.5, 0.6) is 11.5 Å². The maximum atomic E-state index is 13.4. The van der Waals surface area contributed by atoms with Gasteiger partial charge in [0.2, 0.25) is 5.91 Å². The summed E-state index contributed by atoms with van der Waals surface area (Å²) in [5.74, 6) is 1.30. The molecule has 0 aliphatic carbocycles. The first kappa shape index (κ1) is 23.0. The number of carbonyl (C=O) groups excluding carboxylic acids is 1. The molecule has 1 unspecified atom stereocenters. The van der Waals surface area contributed by atoms with Gasteiger partial charge in [-0.1, -0.05) is 61.2 Å². The molecule has 0 bridgehead atoms. The fourth-order valence-corrected chi connectivity index (χ4v) is 4.85. The number of hydrogen-bond donors (Lipinski definition) is 1. The summed E-state index contributed by atoms with van der Waals surface area (Å²) >= 11 is 1.23. The van der Waals surface area contributed by atoms with Crippen LogP contribution in [0.25, 0.3) is 10.9 Å². The van der Waals surface area contributed by atoms with Crippen LogP contribution in [0, 0.1) is 0 Å². The molecule has 0 spiro atoms. The number of anilines is 1. The molecule has 5 rings (SSSR count). The van der Waals surface area contributed by atoms with Gasteiger partial charge in [0.1, 0.15) is 6.61 Å². The van der Waals surface area contributed by atoms with E-state index in [1.165, 1.54) is 11.8 Å². The van der Waals surface area contributed by atoms with Crippen LogP contribution < -0.4 is 20.3 Å². The molecule has 1 N–H and O–H groups in total.